The summed E-state index contributed by atoms with van der Waals surface area (Å²) in [5, 5.41) is 22.9. The molecule has 0 saturated heterocycles. The molecule has 5 heteroatoms. The first kappa shape index (κ1) is 16.8. The van der Waals surface area contributed by atoms with Crippen molar-refractivity contribution in [2.24, 2.45) is 17.8 Å². The Morgan fingerprint density at radius 2 is 1.84 bits per heavy atom. The first-order chi connectivity index (χ1) is 12.0. The summed E-state index contributed by atoms with van der Waals surface area (Å²) in [4.78, 5) is 11.0. The van der Waals surface area contributed by atoms with Crippen molar-refractivity contribution in [2.75, 3.05) is 0 Å². The monoisotopic (exact) mass is 342 g/mol. The van der Waals surface area contributed by atoms with Crippen LogP contribution in [0.25, 0.3) is 6.08 Å². The molecule has 2 unspecified atom stereocenters. The summed E-state index contributed by atoms with van der Waals surface area (Å²) in [5.41, 5.74) is 3.35. The Labute approximate surface area is 148 Å². The molecule has 4 aliphatic rings. The average molecular weight is 342 g/mol. The van der Waals surface area contributed by atoms with Crippen LogP contribution in [0.4, 0.5) is 0 Å². The summed E-state index contributed by atoms with van der Waals surface area (Å²) in [6, 6.07) is 8.60. The molecule has 0 radical (unpaired) electrons. The molecule has 4 saturated carbocycles. The van der Waals surface area contributed by atoms with E-state index in [1.165, 1.54) is 24.5 Å². The van der Waals surface area contributed by atoms with Crippen LogP contribution in [-0.2, 0) is 11.3 Å². The molecule has 0 aromatic heterocycles. The molecular weight excluding hydrogens is 316 g/mol. The van der Waals surface area contributed by atoms with Crippen molar-refractivity contribution in [3.63, 3.8) is 0 Å². The van der Waals surface area contributed by atoms with Crippen LogP contribution in [0.5, 0.6) is 0 Å². The van der Waals surface area contributed by atoms with E-state index in [0.29, 0.717) is 17.9 Å². The van der Waals surface area contributed by atoms with Crippen LogP contribution >= 0.6 is 0 Å². The average Bonchev–Trinajstić information content (AvgIpc) is 2.58. The maximum Gasteiger partial charge on any atom is 0.267 e. The Morgan fingerprint density at radius 1 is 1.16 bits per heavy atom. The van der Waals surface area contributed by atoms with Crippen LogP contribution in [0.15, 0.2) is 30.3 Å². The normalized spacial score (nSPS) is 36.1. The quantitative estimate of drug-likeness (QED) is 0.376. The Kier molecular flexibility index (Phi) is 4.40. The van der Waals surface area contributed by atoms with Crippen LogP contribution in [0.1, 0.15) is 43.2 Å². The van der Waals surface area contributed by atoms with Crippen molar-refractivity contribution < 1.29 is 15.1 Å². The van der Waals surface area contributed by atoms with E-state index in [4.69, 9.17) is 5.21 Å². The molecule has 1 aromatic rings. The minimum absolute atomic E-state index is 0.372. The SMILES string of the molecule is O=C(/C=C/c1ccc(CNC2C3CC4CC2CC(O)(C4)C3)cc1)NO. The smallest absolute Gasteiger partial charge is 0.267 e. The zero-order valence-corrected chi connectivity index (χ0v) is 14.3. The van der Waals surface area contributed by atoms with Gasteiger partial charge in [0, 0.05) is 18.7 Å². The number of hydroxylamine groups is 1. The lowest BCUT2D eigenvalue weighted by Crippen LogP contribution is -2.60. The fraction of sp³-hybridized carbons (Fsp3) is 0.550. The summed E-state index contributed by atoms with van der Waals surface area (Å²) in [7, 11) is 0. The molecule has 4 fully saturated rings. The summed E-state index contributed by atoms with van der Waals surface area (Å²) < 4.78 is 0. The number of hydrogen-bond donors (Lipinski definition) is 4. The molecule has 0 heterocycles. The summed E-state index contributed by atoms with van der Waals surface area (Å²) in [6.45, 7) is 0.835. The number of benzene rings is 1. The van der Waals surface area contributed by atoms with E-state index in [-0.39, 0.29) is 5.60 Å². The highest BCUT2D eigenvalue weighted by Gasteiger charge is 2.54. The molecule has 2 atom stereocenters. The number of aliphatic hydroxyl groups is 1. The van der Waals surface area contributed by atoms with E-state index < -0.39 is 5.91 Å². The molecule has 1 amide bonds. The first-order valence-electron chi connectivity index (χ1n) is 9.21. The largest absolute Gasteiger partial charge is 0.390 e. The van der Waals surface area contributed by atoms with Crippen molar-refractivity contribution in [2.45, 2.75) is 50.3 Å². The van der Waals surface area contributed by atoms with Gasteiger partial charge >= 0.3 is 0 Å². The Hall–Kier alpha value is -1.69. The van der Waals surface area contributed by atoms with Gasteiger partial charge < -0.3 is 10.4 Å². The highest BCUT2D eigenvalue weighted by Crippen LogP contribution is 2.55. The predicted octanol–water partition coefficient (Wildman–Crippen LogP) is 2.23. The van der Waals surface area contributed by atoms with Crippen LogP contribution < -0.4 is 10.8 Å². The van der Waals surface area contributed by atoms with Gasteiger partial charge in [0.2, 0.25) is 0 Å². The second kappa shape index (κ2) is 6.56. The number of hydrogen-bond acceptors (Lipinski definition) is 4. The predicted molar refractivity (Wildman–Crippen MR) is 94.5 cm³/mol. The lowest BCUT2D eigenvalue weighted by Gasteiger charge is -2.58. The zero-order valence-electron chi connectivity index (χ0n) is 14.3. The highest BCUT2D eigenvalue weighted by atomic mass is 16.5. The van der Waals surface area contributed by atoms with Crippen molar-refractivity contribution in [1.29, 1.82) is 0 Å². The third kappa shape index (κ3) is 3.50. The van der Waals surface area contributed by atoms with Gasteiger partial charge in [-0.15, -0.1) is 0 Å². The van der Waals surface area contributed by atoms with Crippen LogP contribution in [-0.4, -0.2) is 27.9 Å². The molecule has 5 rings (SSSR count). The molecule has 134 valence electrons. The van der Waals surface area contributed by atoms with E-state index in [1.54, 1.807) is 11.6 Å². The second-order valence-electron chi connectivity index (χ2n) is 8.15. The van der Waals surface area contributed by atoms with E-state index >= 15 is 0 Å². The van der Waals surface area contributed by atoms with E-state index in [0.717, 1.165) is 37.3 Å². The minimum Gasteiger partial charge on any atom is -0.390 e. The van der Waals surface area contributed by atoms with Gasteiger partial charge in [-0.1, -0.05) is 24.3 Å². The maximum absolute atomic E-state index is 11.0. The molecule has 4 N–H and O–H groups in total. The van der Waals surface area contributed by atoms with Crippen molar-refractivity contribution in [3.8, 4) is 0 Å². The van der Waals surface area contributed by atoms with Crippen molar-refractivity contribution in [1.82, 2.24) is 10.8 Å². The first-order valence-corrected chi connectivity index (χ1v) is 9.21. The summed E-state index contributed by atoms with van der Waals surface area (Å²) in [6.07, 6.45) is 8.46. The fourth-order valence-corrected chi connectivity index (χ4v) is 5.51. The van der Waals surface area contributed by atoms with Gasteiger partial charge in [0.05, 0.1) is 5.60 Å². The molecule has 25 heavy (non-hydrogen) atoms. The second-order valence-corrected chi connectivity index (χ2v) is 8.15. The third-order valence-corrected chi connectivity index (χ3v) is 6.30. The van der Waals surface area contributed by atoms with Gasteiger partial charge in [0.1, 0.15) is 0 Å². The van der Waals surface area contributed by atoms with Crippen molar-refractivity contribution >= 4 is 12.0 Å². The minimum atomic E-state index is -0.533. The molecule has 5 nitrogen and oxygen atoms in total. The Balaban J connectivity index is 1.34. The highest BCUT2D eigenvalue weighted by molar-refractivity contribution is 5.90. The van der Waals surface area contributed by atoms with Gasteiger partial charge in [-0.05, 0) is 67.1 Å². The number of carbonyl (C=O) groups is 1. The molecule has 0 spiro atoms. The fourth-order valence-electron chi connectivity index (χ4n) is 5.51. The van der Waals surface area contributed by atoms with Crippen molar-refractivity contribution in [3.05, 3.63) is 41.5 Å². The van der Waals surface area contributed by atoms with Crippen LogP contribution in [0.2, 0.25) is 0 Å². The van der Waals surface area contributed by atoms with Gasteiger partial charge in [0.25, 0.3) is 5.91 Å². The molecule has 1 aromatic carbocycles. The third-order valence-electron chi connectivity index (χ3n) is 6.30. The Morgan fingerprint density at radius 3 is 2.44 bits per heavy atom. The van der Waals surface area contributed by atoms with Gasteiger partial charge in [-0.2, -0.15) is 0 Å². The van der Waals surface area contributed by atoms with Gasteiger partial charge in [0.15, 0.2) is 0 Å². The molecular formula is C20H26N2O3. The molecule has 0 aliphatic heterocycles. The Bertz CT molecular complexity index is 654. The lowest BCUT2D eigenvalue weighted by atomic mass is 9.52. The number of nitrogens with one attached hydrogen (secondary N) is 2. The summed E-state index contributed by atoms with van der Waals surface area (Å²) >= 11 is 0. The van der Waals surface area contributed by atoms with E-state index in [1.807, 2.05) is 12.1 Å². The molecule has 4 aliphatic carbocycles. The van der Waals surface area contributed by atoms with E-state index in [9.17, 15) is 9.90 Å². The van der Waals surface area contributed by atoms with E-state index in [2.05, 4.69) is 17.4 Å². The van der Waals surface area contributed by atoms with Crippen LogP contribution in [0.3, 0.4) is 0 Å². The summed E-state index contributed by atoms with van der Waals surface area (Å²) in [5.74, 6) is 1.45. The van der Waals surface area contributed by atoms with Gasteiger partial charge in [-0.25, -0.2) is 5.48 Å². The number of amides is 1. The zero-order chi connectivity index (χ0) is 17.4. The van der Waals surface area contributed by atoms with Crippen LogP contribution in [0, 0.1) is 17.8 Å². The maximum atomic E-state index is 11.0. The molecule has 4 bridgehead atoms. The topological polar surface area (TPSA) is 81.6 Å². The van der Waals surface area contributed by atoms with Gasteiger partial charge in [-0.3, -0.25) is 10.0 Å². The number of carbonyl (C=O) groups excluding carboxylic acids is 1. The standard InChI is InChI=1S/C20H26N2O3/c23-18(22-25)6-5-13-1-3-14(4-2-13)12-21-19-16-7-15-8-17(19)11-20(24,9-15)10-16/h1-6,15-17,19,21,24-25H,7-12H2,(H,22,23)/b6-5+. The lowest BCUT2D eigenvalue weighted by molar-refractivity contribution is -0.138. The number of rotatable bonds is 5.